The molecule has 0 bridgehead atoms. The first-order valence-corrected chi connectivity index (χ1v) is 8.19. The molecule has 4 nitrogen and oxygen atoms in total. The lowest BCUT2D eigenvalue weighted by Gasteiger charge is -2.15. The summed E-state index contributed by atoms with van der Waals surface area (Å²) >= 11 is 1.62. The first kappa shape index (κ1) is 16.6. The van der Waals surface area contributed by atoms with Gasteiger partial charge in [0.1, 0.15) is 6.04 Å². The highest BCUT2D eigenvalue weighted by molar-refractivity contribution is 7.09. The van der Waals surface area contributed by atoms with Crippen molar-refractivity contribution in [3.63, 3.8) is 0 Å². The zero-order valence-corrected chi connectivity index (χ0v) is 14.0. The van der Waals surface area contributed by atoms with Crippen LogP contribution in [-0.2, 0) is 23.2 Å². The number of aromatic nitrogens is 1. The van der Waals surface area contributed by atoms with E-state index in [9.17, 15) is 9.90 Å². The number of carboxylic acid groups (broad SMARTS) is 1. The van der Waals surface area contributed by atoms with Crippen LogP contribution in [0.25, 0.3) is 0 Å². The molecule has 22 heavy (non-hydrogen) atoms. The first-order valence-electron chi connectivity index (χ1n) is 7.31. The van der Waals surface area contributed by atoms with Crippen molar-refractivity contribution in [1.82, 2.24) is 10.3 Å². The predicted octanol–water partition coefficient (Wildman–Crippen LogP) is 3.23. The first-order chi connectivity index (χ1) is 10.4. The quantitative estimate of drug-likeness (QED) is 0.858. The van der Waals surface area contributed by atoms with Gasteiger partial charge >= 0.3 is 5.97 Å². The van der Waals surface area contributed by atoms with Gasteiger partial charge in [-0.2, -0.15) is 0 Å². The van der Waals surface area contributed by atoms with E-state index in [0.717, 1.165) is 16.3 Å². The zero-order valence-electron chi connectivity index (χ0n) is 13.2. The van der Waals surface area contributed by atoms with Crippen molar-refractivity contribution in [3.8, 4) is 0 Å². The molecule has 0 spiro atoms. The van der Waals surface area contributed by atoms with Crippen molar-refractivity contribution in [3.05, 3.63) is 52.0 Å². The van der Waals surface area contributed by atoms with Gasteiger partial charge in [-0.3, -0.25) is 10.1 Å². The molecule has 118 valence electrons. The Kier molecular flexibility index (Phi) is 5.32. The van der Waals surface area contributed by atoms with E-state index in [0.29, 0.717) is 13.0 Å². The maximum Gasteiger partial charge on any atom is 0.321 e. The fourth-order valence-electron chi connectivity index (χ4n) is 2.06. The molecule has 0 fully saturated rings. The Morgan fingerprint density at radius 2 is 2.00 bits per heavy atom. The third-order valence-electron chi connectivity index (χ3n) is 3.30. The van der Waals surface area contributed by atoms with Gasteiger partial charge in [-0.25, -0.2) is 4.98 Å². The van der Waals surface area contributed by atoms with Crippen LogP contribution in [0.5, 0.6) is 0 Å². The molecule has 0 radical (unpaired) electrons. The number of rotatable bonds is 6. The molecule has 1 heterocycles. The molecule has 5 heteroatoms. The van der Waals surface area contributed by atoms with Gasteiger partial charge in [0, 0.05) is 17.3 Å². The second-order valence-corrected chi connectivity index (χ2v) is 7.21. The summed E-state index contributed by atoms with van der Waals surface area (Å²) in [5.41, 5.74) is 1.93. The molecule has 0 saturated carbocycles. The lowest BCUT2D eigenvalue weighted by Crippen LogP contribution is -2.38. The highest BCUT2D eigenvalue weighted by atomic mass is 32.1. The molecule has 2 N–H and O–H groups in total. The maximum absolute atomic E-state index is 11.4. The number of hydrogen-bond donors (Lipinski definition) is 2. The summed E-state index contributed by atoms with van der Waals surface area (Å²) in [5, 5.41) is 15.5. The standard InChI is InChI=1S/C17H22N2O2S/c1-17(2,3)16-19-13(11-22-16)10-18-14(15(20)21)9-12-7-5-4-6-8-12/h4-8,11,14,18H,9-10H2,1-3H3,(H,20,21)/t14-/m0/s1. The maximum atomic E-state index is 11.4. The van der Waals surface area contributed by atoms with Crippen molar-refractivity contribution in [2.24, 2.45) is 0 Å². The summed E-state index contributed by atoms with van der Waals surface area (Å²) in [7, 11) is 0. The molecule has 0 aliphatic rings. The summed E-state index contributed by atoms with van der Waals surface area (Å²) < 4.78 is 0. The van der Waals surface area contributed by atoms with E-state index >= 15 is 0 Å². The molecule has 0 saturated heterocycles. The number of benzene rings is 1. The Morgan fingerprint density at radius 3 is 2.55 bits per heavy atom. The summed E-state index contributed by atoms with van der Waals surface area (Å²) in [6.07, 6.45) is 0.465. The number of nitrogens with zero attached hydrogens (tertiary/aromatic N) is 1. The van der Waals surface area contributed by atoms with Gasteiger partial charge in [-0.05, 0) is 12.0 Å². The van der Waals surface area contributed by atoms with Crippen LogP contribution in [0.4, 0.5) is 0 Å². The van der Waals surface area contributed by atoms with E-state index in [1.165, 1.54) is 0 Å². The monoisotopic (exact) mass is 318 g/mol. The fourth-order valence-corrected chi connectivity index (χ4v) is 2.96. The SMILES string of the molecule is CC(C)(C)c1nc(CN[C@@H](Cc2ccccc2)C(=O)O)cs1. The number of hydrogen-bond acceptors (Lipinski definition) is 4. The molecule has 0 amide bonds. The molecule has 0 unspecified atom stereocenters. The van der Waals surface area contributed by atoms with E-state index < -0.39 is 12.0 Å². The van der Waals surface area contributed by atoms with Crippen molar-refractivity contribution < 1.29 is 9.90 Å². The second kappa shape index (κ2) is 7.03. The smallest absolute Gasteiger partial charge is 0.321 e. The molecular formula is C17H22N2O2S. The summed E-state index contributed by atoms with van der Waals surface area (Å²) in [4.78, 5) is 16.0. The Hall–Kier alpha value is -1.72. The fraction of sp³-hybridized carbons (Fsp3) is 0.412. The third-order valence-corrected chi connectivity index (χ3v) is 4.62. The number of thiazole rings is 1. The lowest BCUT2D eigenvalue weighted by molar-refractivity contribution is -0.139. The topological polar surface area (TPSA) is 62.2 Å². The molecule has 1 aromatic heterocycles. The Labute approximate surface area is 135 Å². The van der Waals surface area contributed by atoms with Gasteiger partial charge in [-0.15, -0.1) is 11.3 Å². The molecular weight excluding hydrogens is 296 g/mol. The van der Waals surface area contributed by atoms with Crippen LogP contribution in [0.3, 0.4) is 0 Å². The number of nitrogens with one attached hydrogen (secondary N) is 1. The van der Waals surface area contributed by atoms with Crippen LogP contribution in [0.1, 0.15) is 37.0 Å². The minimum absolute atomic E-state index is 0.0269. The number of carbonyl (C=O) groups is 1. The average molecular weight is 318 g/mol. The van der Waals surface area contributed by atoms with Gasteiger partial charge < -0.3 is 5.11 Å². The highest BCUT2D eigenvalue weighted by Gasteiger charge is 2.20. The van der Waals surface area contributed by atoms with Gasteiger partial charge in [-0.1, -0.05) is 51.1 Å². The Balaban J connectivity index is 1.97. The van der Waals surface area contributed by atoms with Gasteiger partial charge in [0.15, 0.2) is 0 Å². The second-order valence-electron chi connectivity index (χ2n) is 6.36. The normalized spacial score (nSPS) is 13.0. The molecule has 2 rings (SSSR count). The molecule has 0 aliphatic carbocycles. The van der Waals surface area contributed by atoms with E-state index in [1.807, 2.05) is 35.7 Å². The molecule has 0 aliphatic heterocycles. The van der Waals surface area contributed by atoms with Gasteiger partial charge in [0.25, 0.3) is 0 Å². The summed E-state index contributed by atoms with van der Waals surface area (Å²) in [6, 6.07) is 9.04. The van der Waals surface area contributed by atoms with Crippen molar-refractivity contribution in [1.29, 1.82) is 0 Å². The molecule has 2 aromatic rings. The minimum atomic E-state index is -0.838. The largest absolute Gasteiger partial charge is 0.480 e. The lowest BCUT2D eigenvalue weighted by atomic mass is 9.98. The number of aliphatic carboxylic acids is 1. The van der Waals surface area contributed by atoms with Crippen LogP contribution in [0.2, 0.25) is 0 Å². The minimum Gasteiger partial charge on any atom is -0.480 e. The van der Waals surface area contributed by atoms with E-state index in [1.54, 1.807) is 11.3 Å². The predicted molar refractivity (Wildman–Crippen MR) is 89.2 cm³/mol. The van der Waals surface area contributed by atoms with E-state index in [-0.39, 0.29) is 5.41 Å². The molecule has 1 aromatic carbocycles. The van der Waals surface area contributed by atoms with Crippen LogP contribution >= 0.6 is 11.3 Å². The Morgan fingerprint density at radius 1 is 1.32 bits per heavy atom. The average Bonchev–Trinajstić information content (AvgIpc) is 2.93. The van der Waals surface area contributed by atoms with Crippen LogP contribution in [0, 0.1) is 0 Å². The van der Waals surface area contributed by atoms with E-state index in [4.69, 9.17) is 0 Å². The van der Waals surface area contributed by atoms with Gasteiger partial charge in [0.2, 0.25) is 0 Å². The van der Waals surface area contributed by atoms with Crippen LogP contribution in [-0.4, -0.2) is 22.1 Å². The van der Waals surface area contributed by atoms with Crippen molar-refractivity contribution in [2.45, 2.75) is 45.2 Å². The molecule has 1 atom stereocenters. The third kappa shape index (κ3) is 4.64. The van der Waals surface area contributed by atoms with Crippen LogP contribution < -0.4 is 5.32 Å². The van der Waals surface area contributed by atoms with Crippen LogP contribution in [0.15, 0.2) is 35.7 Å². The van der Waals surface area contributed by atoms with E-state index in [2.05, 4.69) is 31.1 Å². The summed E-state index contributed by atoms with van der Waals surface area (Å²) in [6.45, 7) is 6.84. The Bertz CT molecular complexity index is 617. The zero-order chi connectivity index (χ0) is 16.2. The van der Waals surface area contributed by atoms with Gasteiger partial charge in [0.05, 0.1) is 10.7 Å². The highest BCUT2D eigenvalue weighted by Crippen LogP contribution is 2.25. The summed E-state index contributed by atoms with van der Waals surface area (Å²) in [5.74, 6) is -0.838. The van der Waals surface area contributed by atoms with Crippen molar-refractivity contribution >= 4 is 17.3 Å². The van der Waals surface area contributed by atoms with Crippen molar-refractivity contribution in [2.75, 3.05) is 0 Å². The number of carboxylic acids is 1.